The Morgan fingerprint density at radius 2 is 2.06 bits per heavy atom. The van der Waals surface area contributed by atoms with Crippen molar-refractivity contribution in [2.24, 2.45) is 0 Å². The molecule has 33 heavy (non-hydrogen) atoms. The Kier molecular flexibility index (Phi) is 5.78. The average molecular weight is 451 g/mol. The van der Waals surface area contributed by atoms with Crippen LogP contribution < -0.4 is 5.32 Å². The maximum atomic E-state index is 13.4. The molecule has 1 unspecified atom stereocenters. The van der Waals surface area contributed by atoms with Gasteiger partial charge in [0.1, 0.15) is 5.82 Å². The van der Waals surface area contributed by atoms with Crippen molar-refractivity contribution in [2.45, 2.75) is 31.2 Å². The number of esters is 1. The van der Waals surface area contributed by atoms with Crippen molar-refractivity contribution in [1.29, 1.82) is 0 Å². The number of nitrogens with one attached hydrogen (secondary N) is 1. The Hall–Kier alpha value is -3.72. The molecule has 2 bridgehead atoms. The predicted octanol–water partition coefficient (Wildman–Crippen LogP) is 2.93. The second-order valence-corrected chi connectivity index (χ2v) is 8.15. The minimum Gasteiger partial charge on any atom is -0.456 e. The summed E-state index contributed by atoms with van der Waals surface area (Å²) in [7, 11) is 0. The molecule has 0 saturated carbocycles. The molecule has 2 aliphatic heterocycles. The smallest absolute Gasteiger partial charge is 0.407 e. The second kappa shape index (κ2) is 9.03. The minimum absolute atomic E-state index is 0.130. The molecule has 2 aliphatic rings. The normalized spacial score (nSPS) is 23.7. The molecule has 5 rings (SSSR count). The fourth-order valence-electron chi connectivity index (χ4n) is 4.38. The Bertz CT molecular complexity index is 1140. The van der Waals surface area contributed by atoms with Crippen LogP contribution in [0.3, 0.4) is 0 Å². The summed E-state index contributed by atoms with van der Waals surface area (Å²) in [6.07, 6.45) is 1.83. The summed E-state index contributed by atoms with van der Waals surface area (Å²) in [4.78, 5) is 30.4. The first kappa shape index (κ1) is 21.1. The molecule has 0 aliphatic carbocycles. The summed E-state index contributed by atoms with van der Waals surface area (Å²) in [6, 6.07) is 13.6. The summed E-state index contributed by atoms with van der Waals surface area (Å²) in [5, 5.41) is 2.65. The van der Waals surface area contributed by atoms with Gasteiger partial charge in [-0.2, -0.15) is 0 Å². The van der Waals surface area contributed by atoms with Crippen molar-refractivity contribution in [1.82, 2.24) is 15.2 Å². The number of oxazole rings is 1. The fourth-order valence-corrected chi connectivity index (χ4v) is 4.38. The number of carbonyl (C=O) groups excluding carboxylic acids is 2. The van der Waals surface area contributed by atoms with E-state index in [1.807, 2.05) is 29.2 Å². The maximum Gasteiger partial charge on any atom is 0.407 e. The van der Waals surface area contributed by atoms with Crippen LogP contribution in [0.25, 0.3) is 11.3 Å². The van der Waals surface area contributed by atoms with Gasteiger partial charge in [-0.05, 0) is 29.7 Å². The molecule has 8 nitrogen and oxygen atoms in total. The van der Waals surface area contributed by atoms with Crippen LogP contribution in [-0.4, -0.2) is 53.3 Å². The summed E-state index contributed by atoms with van der Waals surface area (Å²) < 4.78 is 29.8. The average Bonchev–Trinajstić information content (AvgIpc) is 3.42. The molecule has 2 fully saturated rings. The molecule has 4 atom stereocenters. The third kappa shape index (κ3) is 4.73. The van der Waals surface area contributed by atoms with Crippen LogP contribution >= 0.6 is 0 Å². The van der Waals surface area contributed by atoms with Gasteiger partial charge in [-0.25, -0.2) is 14.2 Å². The van der Waals surface area contributed by atoms with Crippen LogP contribution in [0, 0.1) is 5.82 Å². The van der Waals surface area contributed by atoms with E-state index in [2.05, 4.69) is 10.3 Å². The first-order valence-corrected chi connectivity index (χ1v) is 10.7. The van der Waals surface area contributed by atoms with Crippen LogP contribution in [-0.2, 0) is 27.2 Å². The molecule has 1 N–H and O–H groups in total. The molecule has 0 spiro atoms. The number of rotatable bonds is 6. The lowest BCUT2D eigenvalue weighted by atomic mass is 9.99. The zero-order chi connectivity index (χ0) is 22.8. The molecule has 1 amide bonds. The molecule has 3 aromatic rings. The maximum absolute atomic E-state index is 13.4. The highest BCUT2D eigenvalue weighted by atomic mass is 19.1. The molecular weight excluding hydrogens is 429 g/mol. The Morgan fingerprint density at radius 1 is 1.21 bits per heavy atom. The monoisotopic (exact) mass is 451 g/mol. The van der Waals surface area contributed by atoms with Gasteiger partial charge >= 0.3 is 12.1 Å². The van der Waals surface area contributed by atoms with Gasteiger partial charge in [0.25, 0.3) is 0 Å². The third-order valence-corrected chi connectivity index (χ3v) is 5.93. The Balaban J connectivity index is 1.26. The van der Waals surface area contributed by atoms with Crippen LogP contribution in [0.2, 0.25) is 0 Å². The van der Waals surface area contributed by atoms with E-state index in [-0.39, 0.29) is 30.9 Å². The van der Waals surface area contributed by atoms with Crippen molar-refractivity contribution in [3.63, 3.8) is 0 Å². The topological polar surface area (TPSA) is 93.9 Å². The number of hydrogen-bond donors (Lipinski definition) is 1. The first-order valence-electron chi connectivity index (χ1n) is 10.7. The van der Waals surface area contributed by atoms with Gasteiger partial charge in [0.05, 0.1) is 18.8 Å². The summed E-state index contributed by atoms with van der Waals surface area (Å²) >= 11 is 0. The van der Waals surface area contributed by atoms with E-state index in [9.17, 15) is 14.0 Å². The van der Waals surface area contributed by atoms with Crippen LogP contribution in [0.15, 0.2) is 65.5 Å². The lowest BCUT2D eigenvalue weighted by molar-refractivity contribution is -0.156. The van der Waals surface area contributed by atoms with Crippen molar-refractivity contribution in [3.05, 3.63) is 78.1 Å². The summed E-state index contributed by atoms with van der Waals surface area (Å²) in [6.45, 7) is 0.793. The van der Waals surface area contributed by atoms with E-state index in [4.69, 9.17) is 13.9 Å². The zero-order valence-corrected chi connectivity index (χ0v) is 17.6. The molecule has 9 heteroatoms. The van der Waals surface area contributed by atoms with Gasteiger partial charge in [0, 0.05) is 18.7 Å². The van der Waals surface area contributed by atoms with Crippen LogP contribution in [0.1, 0.15) is 11.1 Å². The van der Waals surface area contributed by atoms with Crippen molar-refractivity contribution < 1.29 is 27.9 Å². The quantitative estimate of drug-likeness (QED) is 0.576. The zero-order valence-electron chi connectivity index (χ0n) is 17.6. The fraction of sp³-hybridized carbons (Fsp3) is 0.292. The highest BCUT2D eigenvalue weighted by molar-refractivity contribution is 5.73. The van der Waals surface area contributed by atoms with E-state index in [1.165, 1.54) is 18.5 Å². The first-order chi connectivity index (χ1) is 16.0. The number of halogens is 1. The number of hydrogen-bond acceptors (Lipinski definition) is 7. The Morgan fingerprint density at radius 3 is 2.82 bits per heavy atom. The molecule has 0 radical (unpaired) electrons. The molecule has 1 aromatic heterocycles. The van der Waals surface area contributed by atoms with Gasteiger partial charge in [-0.1, -0.05) is 36.4 Å². The summed E-state index contributed by atoms with van der Waals surface area (Å²) in [5.74, 6) is -0.0262. The summed E-state index contributed by atoms with van der Waals surface area (Å²) in [5.41, 5.74) is 2.55. The van der Waals surface area contributed by atoms with Crippen LogP contribution in [0.4, 0.5) is 9.18 Å². The second-order valence-electron chi connectivity index (χ2n) is 8.15. The van der Waals surface area contributed by atoms with Gasteiger partial charge in [0.2, 0.25) is 0 Å². The number of morpholine rings is 1. The van der Waals surface area contributed by atoms with E-state index in [0.717, 1.165) is 11.1 Å². The molecular formula is C24H22FN3O5. The van der Waals surface area contributed by atoms with E-state index >= 15 is 0 Å². The van der Waals surface area contributed by atoms with Gasteiger partial charge < -0.3 is 19.2 Å². The van der Waals surface area contributed by atoms with E-state index in [0.29, 0.717) is 24.3 Å². The van der Waals surface area contributed by atoms with Gasteiger partial charge in [0.15, 0.2) is 24.4 Å². The number of ether oxygens (including phenoxy) is 2. The molecule has 3 heterocycles. The lowest BCUT2D eigenvalue weighted by Crippen LogP contribution is -2.41. The van der Waals surface area contributed by atoms with Crippen molar-refractivity contribution >= 4 is 12.1 Å². The number of aromatic nitrogens is 1. The molecule has 170 valence electrons. The van der Waals surface area contributed by atoms with Gasteiger partial charge in [-0.3, -0.25) is 9.69 Å². The number of amides is 1. The predicted molar refractivity (Wildman–Crippen MR) is 114 cm³/mol. The lowest BCUT2D eigenvalue weighted by Gasteiger charge is -2.25. The third-order valence-electron chi connectivity index (χ3n) is 5.93. The van der Waals surface area contributed by atoms with E-state index < -0.39 is 18.3 Å². The minimum atomic E-state index is -0.639. The molecule has 2 aromatic carbocycles. The largest absolute Gasteiger partial charge is 0.456 e. The number of carbonyl (C=O) groups is 2. The van der Waals surface area contributed by atoms with Crippen molar-refractivity contribution in [2.75, 3.05) is 13.1 Å². The van der Waals surface area contributed by atoms with Gasteiger partial charge in [-0.15, -0.1) is 0 Å². The number of nitrogens with zero attached hydrogens (tertiary/aromatic N) is 2. The van der Waals surface area contributed by atoms with Crippen LogP contribution in [0.5, 0.6) is 0 Å². The highest BCUT2D eigenvalue weighted by Gasteiger charge is 2.50. The SMILES string of the molecule is O=C1CN2C[C@H](O1)[C@@H](OC(=O)NCc1cccc(F)c1)[C@H]2Cc1ccc(-c2cnco2)cc1. The number of fused-ring (bicyclic) bond motifs is 2. The van der Waals surface area contributed by atoms with E-state index in [1.54, 1.807) is 18.3 Å². The number of benzene rings is 2. The Labute approximate surface area is 189 Å². The van der Waals surface area contributed by atoms with Crippen molar-refractivity contribution in [3.8, 4) is 11.3 Å². The highest BCUT2D eigenvalue weighted by Crippen LogP contribution is 2.31. The molecule has 2 saturated heterocycles. The number of alkyl carbamates (subject to hydrolysis) is 1. The standard InChI is InChI=1S/C24H22FN3O5/c25-18-3-1-2-16(8-18)10-27-24(30)33-23-19(28-12-21(23)32-22(29)13-28)9-15-4-6-17(7-5-15)20-11-26-14-31-20/h1-8,11,14,19,21,23H,9-10,12-13H2,(H,27,30)/t19-,21+,23+/m1/s1.